The predicted molar refractivity (Wildman–Crippen MR) is 152 cm³/mol. The lowest BCUT2D eigenvalue weighted by molar-refractivity contribution is -0.141. The Morgan fingerprint density at radius 2 is 1.55 bits per heavy atom. The number of fused-ring (bicyclic) bond motifs is 1. The standard InChI is InChI=1S/C32H35N3O5/c1-3-18-33-30(37)28(21-23-11-5-4-6-12-23)35(22-24-13-9-14-25(20-24)40-2)29(36)17-10-19-34-31(38)26-15-7-8-16-27(26)32(34)39/h4-9,11-16,20,28H,3,10,17-19,21-22H2,1-2H3,(H,33,37)/t28-/m1/s1. The minimum absolute atomic E-state index is 0.0731. The van der Waals surface area contributed by atoms with Crippen LogP contribution >= 0.6 is 0 Å². The van der Waals surface area contributed by atoms with Crippen LogP contribution in [0.15, 0.2) is 78.9 Å². The third kappa shape index (κ3) is 6.75. The molecule has 0 spiro atoms. The Kier molecular flexibility index (Phi) is 9.67. The second kappa shape index (κ2) is 13.6. The van der Waals surface area contributed by atoms with Gasteiger partial charge in [-0.1, -0.05) is 61.5 Å². The van der Waals surface area contributed by atoms with Gasteiger partial charge < -0.3 is 15.0 Å². The first-order valence-corrected chi connectivity index (χ1v) is 13.6. The van der Waals surface area contributed by atoms with Crippen molar-refractivity contribution in [1.29, 1.82) is 0 Å². The monoisotopic (exact) mass is 541 g/mol. The summed E-state index contributed by atoms with van der Waals surface area (Å²) in [7, 11) is 1.58. The van der Waals surface area contributed by atoms with Crippen LogP contribution in [0, 0.1) is 0 Å². The normalized spacial score (nSPS) is 13.1. The average molecular weight is 542 g/mol. The highest BCUT2D eigenvalue weighted by Crippen LogP contribution is 2.24. The van der Waals surface area contributed by atoms with E-state index in [2.05, 4.69) is 5.32 Å². The maximum Gasteiger partial charge on any atom is 0.261 e. The summed E-state index contributed by atoms with van der Waals surface area (Å²) in [5, 5.41) is 2.96. The summed E-state index contributed by atoms with van der Waals surface area (Å²) in [6.45, 7) is 2.81. The van der Waals surface area contributed by atoms with Crippen LogP contribution in [0.25, 0.3) is 0 Å². The van der Waals surface area contributed by atoms with Gasteiger partial charge >= 0.3 is 0 Å². The van der Waals surface area contributed by atoms with Crippen molar-refractivity contribution in [3.63, 3.8) is 0 Å². The Hall–Kier alpha value is -4.46. The van der Waals surface area contributed by atoms with E-state index < -0.39 is 6.04 Å². The molecule has 0 aromatic heterocycles. The highest BCUT2D eigenvalue weighted by Gasteiger charge is 2.35. The number of nitrogens with one attached hydrogen (secondary N) is 1. The molecule has 0 bridgehead atoms. The van der Waals surface area contributed by atoms with Crippen LogP contribution in [0.3, 0.4) is 0 Å². The maximum absolute atomic E-state index is 13.8. The minimum atomic E-state index is -0.744. The minimum Gasteiger partial charge on any atom is -0.497 e. The van der Waals surface area contributed by atoms with Gasteiger partial charge in [0.15, 0.2) is 0 Å². The molecular weight excluding hydrogens is 506 g/mol. The molecule has 1 aliphatic rings. The number of hydrogen-bond acceptors (Lipinski definition) is 5. The van der Waals surface area contributed by atoms with Gasteiger partial charge in [0.2, 0.25) is 11.8 Å². The topological polar surface area (TPSA) is 96.0 Å². The number of imide groups is 1. The molecule has 1 N–H and O–H groups in total. The number of benzene rings is 3. The van der Waals surface area contributed by atoms with E-state index in [0.29, 0.717) is 29.8 Å². The van der Waals surface area contributed by atoms with Gasteiger partial charge in [-0.15, -0.1) is 0 Å². The van der Waals surface area contributed by atoms with Crippen molar-refractivity contribution in [3.8, 4) is 5.75 Å². The van der Waals surface area contributed by atoms with Crippen molar-refractivity contribution in [2.45, 2.75) is 45.2 Å². The molecule has 0 fully saturated rings. The summed E-state index contributed by atoms with van der Waals surface area (Å²) in [5.41, 5.74) is 2.53. The summed E-state index contributed by atoms with van der Waals surface area (Å²) >= 11 is 0. The van der Waals surface area contributed by atoms with E-state index in [1.54, 1.807) is 36.3 Å². The fourth-order valence-electron chi connectivity index (χ4n) is 4.86. The Morgan fingerprint density at radius 3 is 2.20 bits per heavy atom. The summed E-state index contributed by atoms with van der Waals surface area (Å²) < 4.78 is 5.37. The molecular formula is C32H35N3O5. The Labute approximate surface area is 234 Å². The smallest absolute Gasteiger partial charge is 0.261 e. The molecule has 0 unspecified atom stereocenters. The Balaban J connectivity index is 1.54. The van der Waals surface area contributed by atoms with Gasteiger partial charge in [0.25, 0.3) is 11.8 Å². The number of carbonyl (C=O) groups is 4. The Bertz CT molecular complexity index is 1320. The molecule has 4 amide bonds. The van der Waals surface area contributed by atoms with Crippen molar-refractivity contribution < 1.29 is 23.9 Å². The molecule has 3 aromatic rings. The van der Waals surface area contributed by atoms with Gasteiger partial charge in [0, 0.05) is 32.5 Å². The van der Waals surface area contributed by atoms with Gasteiger partial charge in [-0.05, 0) is 48.2 Å². The average Bonchev–Trinajstić information content (AvgIpc) is 3.23. The first-order chi connectivity index (χ1) is 19.4. The van der Waals surface area contributed by atoms with Crippen molar-refractivity contribution in [1.82, 2.24) is 15.1 Å². The van der Waals surface area contributed by atoms with Crippen LogP contribution in [0.5, 0.6) is 5.75 Å². The summed E-state index contributed by atoms with van der Waals surface area (Å²) in [6.07, 6.45) is 1.48. The van der Waals surface area contributed by atoms with E-state index >= 15 is 0 Å². The second-order valence-corrected chi connectivity index (χ2v) is 9.78. The first-order valence-electron chi connectivity index (χ1n) is 13.6. The lowest BCUT2D eigenvalue weighted by atomic mass is 10.0. The molecule has 208 valence electrons. The third-order valence-electron chi connectivity index (χ3n) is 6.96. The molecule has 1 aliphatic heterocycles. The molecule has 8 heteroatoms. The molecule has 0 aliphatic carbocycles. The van der Waals surface area contributed by atoms with Crippen LogP contribution in [-0.4, -0.2) is 59.7 Å². The maximum atomic E-state index is 13.8. The fraction of sp³-hybridized carbons (Fsp3) is 0.312. The SMILES string of the molecule is CCCNC(=O)[C@@H](Cc1ccccc1)N(Cc1cccc(OC)c1)C(=O)CCCN1C(=O)c2ccccc2C1=O. The van der Waals surface area contributed by atoms with E-state index in [9.17, 15) is 19.2 Å². The molecule has 0 saturated carbocycles. The second-order valence-electron chi connectivity index (χ2n) is 9.78. The molecule has 0 radical (unpaired) electrons. The van der Waals surface area contributed by atoms with Crippen LogP contribution in [0.1, 0.15) is 58.0 Å². The van der Waals surface area contributed by atoms with E-state index in [4.69, 9.17) is 4.74 Å². The number of amides is 4. The lowest BCUT2D eigenvalue weighted by Gasteiger charge is -2.32. The van der Waals surface area contributed by atoms with Crippen LogP contribution in [0.2, 0.25) is 0 Å². The van der Waals surface area contributed by atoms with Crippen molar-refractivity contribution in [3.05, 3.63) is 101 Å². The number of rotatable bonds is 13. The predicted octanol–water partition coefficient (Wildman–Crippen LogP) is 4.24. The number of hydrogen-bond donors (Lipinski definition) is 1. The highest BCUT2D eigenvalue weighted by molar-refractivity contribution is 6.21. The van der Waals surface area contributed by atoms with Crippen LogP contribution in [0.4, 0.5) is 0 Å². The molecule has 8 nitrogen and oxygen atoms in total. The number of nitrogens with zero attached hydrogens (tertiary/aromatic N) is 2. The highest BCUT2D eigenvalue weighted by atomic mass is 16.5. The fourth-order valence-corrected chi connectivity index (χ4v) is 4.86. The van der Waals surface area contributed by atoms with Gasteiger partial charge in [0.1, 0.15) is 11.8 Å². The lowest BCUT2D eigenvalue weighted by Crippen LogP contribution is -2.50. The van der Waals surface area contributed by atoms with Gasteiger partial charge in [0.05, 0.1) is 18.2 Å². The summed E-state index contributed by atoms with van der Waals surface area (Å²) in [4.78, 5) is 55.6. The molecule has 40 heavy (non-hydrogen) atoms. The van der Waals surface area contributed by atoms with E-state index in [-0.39, 0.29) is 49.6 Å². The van der Waals surface area contributed by atoms with Crippen LogP contribution in [-0.2, 0) is 22.6 Å². The number of carbonyl (C=O) groups excluding carboxylic acids is 4. The van der Waals surface area contributed by atoms with Gasteiger partial charge in [-0.3, -0.25) is 24.1 Å². The molecule has 0 saturated heterocycles. The number of methoxy groups -OCH3 is 1. The number of ether oxygens (including phenoxy) is 1. The molecule has 1 heterocycles. The van der Waals surface area contributed by atoms with Crippen molar-refractivity contribution in [2.75, 3.05) is 20.2 Å². The summed E-state index contributed by atoms with van der Waals surface area (Å²) in [5.74, 6) is -0.482. The van der Waals surface area contributed by atoms with Crippen LogP contribution < -0.4 is 10.1 Å². The zero-order valence-electron chi connectivity index (χ0n) is 23.0. The molecule has 4 rings (SSSR count). The first kappa shape index (κ1) is 28.5. The van der Waals surface area contributed by atoms with E-state index in [1.807, 2.05) is 61.5 Å². The Morgan fingerprint density at radius 1 is 0.900 bits per heavy atom. The van der Waals surface area contributed by atoms with Gasteiger partial charge in [-0.2, -0.15) is 0 Å². The molecule has 3 aromatic carbocycles. The van der Waals surface area contributed by atoms with Gasteiger partial charge in [-0.25, -0.2) is 0 Å². The van der Waals surface area contributed by atoms with Crippen molar-refractivity contribution in [2.24, 2.45) is 0 Å². The van der Waals surface area contributed by atoms with E-state index in [0.717, 1.165) is 17.5 Å². The zero-order valence-corrected chi connectivity index (χ0v) is 23.0. The zero-order chi connectivity index (χ0) is 28.5. The molecule has 1 atom stereocenters. The van der Waals surface area contributed by atoms with Crippen molar-refractivity contribution >= 4 is 23.6 Å². The largest absolute Gasteiger partial charge is 0.497 e. The quantitative estimate of drug-likeness (QED) is 0.327. The summed E-state index contributed by atoms with van der Waals surface area (Å²) in [6, 6.07) is 23.0. The third-order valence-corrected chi connectivity index (χ3v) is 6.96. The van der Waals surface area contributed by atoms with E-state index in [1.165, 1.54) is 4.90 Å².